The average molecular weight is 384 g/mol. The van der Waals surface area contributed by atoms with Crippen LogP contribution in [0.2, 0.25) is 0 Å². The summed E-state index contributed by atoms with van der Waals surface area (Å²) in [5.74, 6) is 0.711. The van der Waals surface area contributed by atoms with Gasteiger partial charge in [0.25, 0.3) is 5.56 Å². The number of aromatic amines is 1. The summed E-state index contributed by atoms with van der Waals surface area (Å²) in [6.45, 7) is 9.89. The summed E-state index contributed by atoms with van der Waals surface area (Å²) in [4.78, 5) is 23.8. The van der Waals surface area contributed by atoms with E-state index >= 15 is 0 Å². The minimum atomic E-state index is 0.0371. The van der Waals surface area contributed by atoms with Gasteiger partial charge in [-0.1, -0.05) is 31.1 Å². The van der Waals surface area contributed by atoms with Crippen LogP contribution in [0.3, 0.4) is 0 Å². The lowest BCUT2D eigenvalue weighted by molar-refractivity contribution is 0.241. The van der Waals surface area contributed by atoms with Crippen LogP contribution in [0.15, 0.2) is 33.5 Å². The molecule has 2 aromatic rings. The first-order valence-electron chi connectivity index (χ1n) is 10.0. The molecule has 0 fully saturated rings. The number of hydrogen-bond acceptors (Lipinski definition) is 4. The average Bonchev–Trinajstić information content (AvgIpc) is 3.15. The highest BCUT2D eigenvalue weighted by Crippen LogP contribution is 2.41. The highest BCUT2D eigenvalue weighted by molar-refractivity contribution is 7.13. The minimum Gasteiger partial charge on any atom is -0.306 e. The molecule has 0 aromatic carbocycles. The van der Waals surface area contributed by atoms with Crippen molar-refractivity contribution in [2.75, 3.05) is 13.1 Å². The molecule has 0 unspecified atom stereocenters. The largest absolute Gasteiger partial charge is 0.306 e. The molecule has 5 heteroatoms. The molecular weight excluding hydrogens is 354 g/mol. The van der Waals surface area contributed by atoms with E-state index in [1.807, 2.05) is 17.5 Å². The smallest absolute Gasteiger partial charge is 0.254 e. The molecule has 0 bridgehead atoms. The molecule has 2 aliphatic rings. The monoisotopic (exact) mass is 383 g/mol. The molecule has 2 aromatic heterocycles. The van der Waals surface area contributed by atoms with Gasteiger partial charge in [-0.05, 0) is 55.9 Å². The van der Waals surface area contributed by atoms with Crippen LogP contribution in [0.25, 0.3) is 10.7 Å². The zero-order chi connectivity index (χ0) is 19.0. The van der Waals surface area contributed by atoms with Crippen molar-refractivity contribution in [3.63, 3.8) is 0 Å². The molecule has 0 saturated carbocycles. The SMILES string of the molecule is CC1=C(CCN2CCc3c(nc(-c4cccs4)[nH]c3=O)C2)C(C)(C)CCC1. The summed E-state index contributed by atoms with van der Waals surface area (Å²) < 4.78 is 0. The number of nitrogens with one attached hydrogen (secondary N) is 1. The Balaban J connectivity index is 1.51. The third kappa shape index (κ3) is 3.81. The summed E-state index contributed by atoms with van der Waals surface area (Å²) in [5.41, 5.74) is 5.45. The van der Waals surface area contributed by atoms with Gasteiger partial charge in [-0.25, -0.2) is 4.98 Å². The van der Waals surface area contributed by atoms with Gasteiger partial charge >= 0.3 is 0 Å². The second kappa shape index (κ2) is 7.36. The molecule has 1 aliphatic carbocycles. The van der Waals surface area contributed by atoms with Crippen LogP contribution in [0.5, 0.6) is 0 Å². The number of hydrogen-bond donors (Lipinski definition) is 1. The maximum atomic E-state index is 12.5. The lowest BCUT2D eigenvalue weighted by Crippen LogP contribution is -2.36. The fourth-order valence-corrected chi connectivity index (χ4v) is 5.38. The van der Waals surface area contributed by atoms with Gasteiger partial charge in [0.05, 0.1) is 10.6 Å². The van der Waals surface area contributed by atoms with Crippen LogP contribution in [-0.4, -0.2) is 28.0 Å². The van der Waals surface area contributed by atoms with Gasteiger partial charge in [0.15, 0.2) is 5.82 Å². The molecule has 0 saturated heterocycles. The van der Waals surface area contributed by atoms with Gasteiger partial charge in [0, 0.05) is 25.2 Å². The summed E-state index contributed by atoms with van der Waals surface area (Å²) >= 11 is 1.61. The van der Waals surface area contributed by atoms with Gasteiger partial charge in [-0.3, -0.25) is 9.69 Å². The lowest BCUT2D eigenvalue weighted by Gasteiger charge is -2.36. The number of allylic oxidation sites excluding steroid dienone is 1. The molecule has 0 amide bonds. The predicted octanol–water partition coefficient (Wildman–Crippen LogP) is 4.77. The van der Waals surface area contributed by atoms with E-state index in [1.54, 1.807) is 22.5 Å². The van der Waals surface area contributed by atoms with Gasteiger partial charge in [-0.15, -0.1) is 11.3 Å². The normalized spacial score (nSPS) is 20.0. The maximum absolute atomic E-state index is 12.5. The Hall–Kier alpha value is -1.72. The fraction of sp³-hybridized carbons (Fsp3) is 0.545. The maximum Gasteiger partial charge on any atom is 0.254 e. The van der Waals surface area contributed by atoms with E-state index in [-0.39, 0.29) is 5.56 Å². The molecule has 3 heterocycles. The molecule has 0 radical (unpaired) electrons. The van der Waals surface area contributed by atoms with Crippen molar-refractivity contribution in [2.45, 2.75) is 59.4 Å². The molecule has 144 valence electrons. The molecular formula is C22H29N3OS. The number of nitrogens with zero attached hydrogens (tertiary/aromatic N) is 2. The third-order valence-corrected chi connectivity index (χ3v) is 7.15. The Morgan fingerprint density at radius 1 is 1.33 bits per heavy atom. The molecule has 4 nitrogen and oxygen atoms in total. The van der Waals surface area contributed by atoms with Gasteiger partial charge in [0.2, 0.25) is 0 Å². The number of thiophene rings is 1. The van der Waals surface area contributed by atoms with Crippen molar-refractivity contribution in [1.82, 2.24) is 14.9 Å². The zero-order valence-corrected chi connectivity index (χ0v) is 17.4. The van der Waals surface area contributed by atoms with Crippen molar-refractivity contribution < 1.29 is 0 Å². The summed E-state index contributed by atoms with van der Waals surface area (Å²) in [5, 5.41) is 2.02. The zero-order valence-electron chi connectivity index (χ0n) is 16.6. The van der Waals surface area contributed by atoms with E-state index in [1.165, 1.54) is 19.3 Å². The topological polar surface area (TPSA) is 49.0 Å². The molecule has 27 heavy (non-hydrogen) atoms. The number of H-pyrrole nitrogens is 1. The van der Waals surface area contributed by atoms with Crippen molar-refractivity contribution in [1.29, 1.82) is 0 Å². The molecule has 1 aliphatic heterocycles. The summed E-state index contributed by atoms with van der Waals surface area (Å²) in [6, 6.07) is 4.00. The Kier molecular flexibility index (Phi) is 5.08. The number of fused-ring (bicyclic) bond motifs is 1. The van der Waals surface area contributed by atoms with Crippen LogP contribution >= 0.6 is 11.3 Å². The number of rotatable bonds is 4. The third-order valence-electron chi connectivity index (χ3n) is 6.27. The Labute approximate surface area is 165 Å². The first-order chi connectivity index (χ1) is 12.9. The van der Waals surface area contributed by atoms with E-state index in [4.69, 9.17) is 4.98 Å². The van der Waals surface area contributed by atoms with Crippen molar-refractivity contribution in [2.24, 2.45) is 5.41 Å². The second-order valence-electron chi connectivity index (χ2n) is 8.59. The Bertz CT molecular complexity index is 908. The first-order valence-corrected chi connectivity index (χ1v) is 10.9. The van der Waals surface area contributed by atoms with Gasteiger partial charge < -0.3 is 4.98 Å². The van der Waals surface area contributed by atoms with E-state index in [2.05, 4.69) is 30.7 Å². The van der Waals surface area contributed by atoms with Crippen LogP contribution in [0.4, 0.5) is 0 Å². The van der Waals surface area contributed by atoms with Crippen molar-refractivity contribution >= 4 is 11.3 Å². The van der Waals surface area contributed by atoms with Crippen LogP contribution in [-0.2, 0) is 13.0 Å². The lowest BCUT2D eigenvalue weighted by atomic mass is 9.71. The summed E-state index contributed by atoms with van der Waals surface area (Å²) in [7, 11) is 0. The highest BCUT2D eigenvalue weighted by Gasteiger charge is 2.29. The summed E-state index contributed by atoms with van der Waals surface area (Å²) in [6.07, 6.45) is 5.79. The van der Waals surface area contributed by atoms with Crippen LogP contribution < -0.4 is 5.56 Å². The van der Waals surface area contributed by atoms with E-state index in [0.717, 1.165) is 48.6 Å². The van der Waals surface area contributed by atoms with E-state index in [0.29, 0.717) is 11.2 Å². The minimum absolute atomic E-state index is 0.0371. The Morgan fingerprint density at radius 2 is 2.19 bits per heavy atom. The fourth-order valence-electron chi connectivity index (χ4n) is 4.71. The first kappa shape index (κ1) is 18.6. The van der Waals surface area contributed by atoms with Crippen molar-refractivity contribution in [3.05, 3.63) is 50.3 Å². The van der Waals surface area contributed by atoms with Crippen molar-refractivity contribution in [3.8, 4) is 10.7 Å². The predicted molar refractivity (Wildman–Crippen MR) is 112 cm³/mol. The van der Waals surface area contributed by atoms with Crippen LogP contribution in [0.1, 0.15) is 57.7 Å². The Morgan fingerprint density at radius 3 is 2.93 bits per heavy atom. The van der Waals surface area contributed by atoms with E-state index in [9.17, 15) is 4.79 Å². The van der Waals surface area contributed by atoms with Gasteiger partial charge in [0.1, 0.15) is 0 Å². The molecule has 0 atom stereocenters. The second-order valence-corrected chi connectivity index (χ2v) is 9.54. The standard InChI is InChI=1S/C22H29N3OS/c1-15-6-4-10-22(2,3)17(15)9-12-25-11-8-16-18(14-25)23-20(24-21(16)26)19-7-5-13-27-19/h5,7,13H,4,6,8-12,14H2,1-3H3,(H,23,24,26). The molecule has 0 spiro atoms. The van der Waals surface area contributed by atoms with E-state index < -0.39 is 0 Å². The molecule has 4 rings (SSSR count). The van der Waals surface area contributed by atoms with Gasteiger partial charge in [-0.2, -0.15) is 0 Å². The molecule has 1 N–H and O–H groups in total. The highest BCUT2D eigenvalue weighted by atomic mass is 32.1. The quantitative estimate of drug-likeness (QED) is 0.774. The van der Waals surface area contributed by atoms with Crippen LogP contribution in [0, 0.1) is 5.41 Å². The number of aromatic nitrogens is 2.